The number of carbonyl (C=O) groups excluding carboxylic acids is 1. The minimum atomic E-state index is -0.0891. The third-order valence-electron chi connectivity index (χ3n) is 5.17. The minimum Gasteiger partial charge on any atom is -0.327 e. The Hall–Kier alpha value is -1.36. The first kappa shape index (κ1) is 15.0. The van der Waals surface area contributed by atoms with E-state index in [1.165, 1.54) is 0 Å². The van der Waals surface area contributed by atoms with Crippen molar-refractivity contribution in [1.82, 2.24) is 10.2 Å². The Morgan fingerprint density at radius 3 is 2.90 bits per heavy atom. The highest BCUT2D eigenvalue weighted by Gasteiger charge is 2.45. The first-order valence-corrected chi connectivity index (χ1v) is 7.46. The second kappa shape index (κ2) is 5.56. The lowest BCUT2D eigenvalue weighted by Crippen LogP contribution is -2.50. The number of anilines is 1. The van der Waals surface area contributed by atoms with Gasteiger partial charge in [-0.3, -0.25) is 9.89 Å². The lowest BCUT2D eigenvalue weighted by molar-refractivity contribution is -0.127. The number of aryl methyl sites for hydroxylation is 1. The molecule has 3 unspecified atom stereocenters. The summed E-state index contributed by atoms with van der Waals surface area (Å²) in [4.78, 5) is 12.6. The fraction of sp³-hybridized carbons (Fsp3) is 0.733. The van der Waals surface area contributed by atoms with E-state index >= 15 is 0 Å². The Kier molecular flexibility index (Phi) is 4.18. The topological polar surface area (TPSA) is 83.8 Å². The average Bonchev–Trinajstić information content (AvgIpc) is 2.83. The van der Waals surface area contributed by atoms with Gasteiger partial charge in [-0.2, -0.15) is 5.10 Å². The smallest absolute Gasteiger partial charge is 0.229 e. The molecule has 1 amide bonds. The van der Waals surface area contributed by atoms with Gasteiger partial charge in [0.05, 0.1) is 6.20 Å². The zero-order valence-electron chi connectivity index (χ0n) is 12.9. The van der Waals surface area contributed by atoms with Crippen molar-refractivity contribution in [3.05, 3.63) is 11.8 Å². The van der Waals surface area contributed by atoms with Crippen molar-refractivity contribution in [2.75, 3.05) is 5.32 Å². The molecule has 5 heteroatoms. The van der Waals surface area contributed by atoms with E-state index in [0.29, 0.717) is 5.92 Å². The first-order chi connectivity index (χ1) is 9.37. The van der Waals surface area contributed by atoms with E-state index in [-0.39, 0.29) is 23.3 Å². The van der Waals surface area contributed by atoms with Gasteiger partial charge in [0.2, 0.25) is 5.91 Å². The van der Waals surface area contributed by atoms with Gasteiger partial charge in [0.15, 0.2) is 0 Å². The van der Waals surface area contributed by atoms with Crippen LogP contribution in [-0.4, -0.2) is 22.1 Å². The van der Waals surface area contributed by atoms with Gasteiger partial charge in [0.1, 0.15) is 5.82 Å². The molecule has 20 heavy (non-hydrogen) atoms. The number of aromatic amines is 1. The van der Waals surface area contributed by atoms with Crippen LogP contribution in [0.5, 0.6) is 0 Å². The van der Waals surface area contributed by atoms with Crippen molar-refractivity contribution in [2.24, 2.45) is 23.0 Å². The van der Waals surface area contributed by atoms with Crippen LogP contribution in [0.25, 0.3) is 0 Å². The molecule has 4 N–H and O–H groups in total. The Labute approximate surface area is 120 Å². The third-order valence-corrected chi connectivity index (χ3v) is 5.17. The fourth-order valence-corrected chi connectivity index (χ4v) is 3.22. The monoisotopic (exact) mass is 278 g/mol. The Balaban J connectivity index is 2.13. The standard InChI is InChI=1S/C15H26N4O/c1-5-10-8-17-19-13(10)18-14(20)11-6-7-12(16)9(2)15(11,3)4/h8-9,11-12H,5-7,16H2,1-4H3,(H2,17,18,19,20). The highest BCUT2D eigenvalue weighted by molar-refractivity contribution is 5.92. The van der Waals surface area contributed by atoms with Gasteiger partial charge in [-0.05, 0) is 30.6 Å². The van der Waals surface area contributed by atoms with Gasteiger partial charge in [-0.1, -0.05) is 27.7 Å². The number of hydrogen-bond acceptors (Lipinski definition) is 3. The zero-order chi connectivity index (χ0) is 14.9. The van der Waals surface area contributed by atoms with Gasteiger partial charge < -0.3 is 11.1 Å². The van der Waals surface area contributed by atoms with Crippen LogP contribution in [0.3, 0.4) is 0 Å². The molecule has 112 valence electrons. The van der Waals surface area contributed by atoms with Crippen LogP contribution in [-0.2, 0) is 11.2 Å². The normalized spacial score (nSPS) is 29.1. The maximum Gasteiger partial charge on any atom is 0.229 e. The van der Waals surface area contributed by atoms with Crippen LogP contribution in [0.2, 0.25) is 0 Å². The molecule has 1 aliphatic carbocycles. The van der Waals surface area contributed by atoms with Crippen molar-refractivity contribution >= 4 is 11.7 Å². The number of hydrogen-bond donors (Lipinski definition) is 3. The second-order valence-corrected chi connectivity index (χ2v) is 6.52. The summed E-state index contributed by atoms with van der Waals surface area (Å²) in [5.74, 6) is 1.13. The summed E-state index contributed by atoms with van der Waals surface area (Å²) in [7, 11) is 0. The van der Waals surface area contributed by atoms with E-state index in [1.807, 2.05) is 6.92 Å². The van der Waals surface area contributed by atoms with E-state index in [0.717, 1.165) is 30.6 Å². The number of nitrogens with zero attached hydrogens (tertiary/aromatic N) is 1. The minimum absolute atomic E-state index is 0.00898. The summed E-state index contributed by atoms with van der Waals surface area (Å²) >= 11 is 0. The summed E-state index contributed by atoms with van der Waals surface area (Å²) in [5, 5.41) is 9.87. The van der Waals surface area contributed by atoms with Crippen LogP contribution in [0.4, 0.5) is 5.82 Å². The molecule has 0 radical (unpaired) electrons. The molecule has 1 saturated carbocycles. The van der Waals surface area contributed by atoms with Crippen LogP contribution in [0.1, 0.15) is 46.1 Å². The number of rotatable bonds is 3. The summed E-state index contributed by atoms with van der Waals surface area (Å²) in [5.41, 5.74) is 7.10. The number of amides is 1. The highest BCUT2D eigenvalue weighted by atomic mass is 16.2. The molecule has 0 saturated heterocycles. The summed E-state index contributed by atoms with van der Waals surface area (Å²) in [6, 6.07) is 0.187. The largest absolute Gasteiger partial charge is 0.327 e. The van der Waals surface area contributed by atoms with E-state index in [1.54, 1.807) is 6.20 Å². The number of H-pyrrole nitrogens is 1. The predicted molar refractivity (Wildman–Crippen MR) is 80.2 cm³/mol. The second-order valence-electron chi connectivity index (χ2n) is 6.52. The van der Waals surface area contributed by atoms with E-state index < -0.39 is 0 Å². The maximum atomic E-state index is 12.6. The van der Waals surface area contributed by atoms with Crippen molar-refractivity contribution in [3.63, 3.8) is 0 Å². The summed E-state index contributed by atoms with van der Waals surface area (Å²) in [6.45, 7) is 8.49. The molecule has 0 aliphatic heterocycles. The quantitative estimate of drug-likeness (QED) is 0.793. The molecule has 0 spiro atoms. The molecule has 1 fully saturated rings. The number of carbonyl (C=O) groups is 1. The molecule has 0 bridgehead atoms. The zero-order valence-corrected chi connectivity index (χ0v) is 12.9. The van der Waals surface area contributed by atoms with Gasteiger partial charge >= 0.3 is 0 Å². The average molecular weight is 278 g/mol. The Bertz CT molecular complexity index is 480. The molecule has 1 aliphatic rings. The van der Waals surface area contributed by atoms with E-state index in [2.05, 4.69) is 36.3 Å². The Morgan fingerprint density at radius 2 is 2.25 bits per heavy atom. The third kappa shape index (κ3) is 2.59. The lowest BCUT2D eigenvalue weighted by Gasteiger charge is -2.45. The molecule has 1 aromatic heterocycles. The van der Waals surface area contributed by atoms with Crippen LogP contribution in [0, 0.1) is 17.3 Å². The van der Waals surface area contributed by atoms with Gasteiger partial charge in [0, 0.05) is 17.5 Å². The molecular formula is C15H26N4O. The SMILES string of the molecule is CCc1cn[nH]c1NC(=O)C1CCC(N)C(C)C1(C)C. The van der Waals surface area contributed by atoms with Gasteiger partial charge in [0.25, 0.3) is 0 Å². The summed E-state index contributed by atoms with van der Waals surface area (Å²) in [6.07, 6.45) is 4.37. The maximum absolute atomic E-state index is 12.6. The molecule has 0 aromatic carbocycles. The van der Waals surface area contributed by atoms with Crippen LogP contribution in [0.15, 0.2) is 6.20 Å². The molecular weight excluding hydrogens is 252 g/mol. The fourth-order valence-electron chi connectivity index (χ4n) is 3.22. The number of nitrogens with one attached hydrogen (secondary N) is 2. The summed E-state index contributed by atoms with van der Waals surface area (Å²) < 4.78 is 0. The van der Waals surface area contributed by atoms with Gasteiger partial charge in [-0.25, -0.2) is 0 Å². The lowest BCUT2D eigenvalue weighted by atomic mass is 9.61. The molecule has 3 atom stereocenters. The van der Waals surface area contributed by atoms with Gasteiger partial charge in [-0.15, -0.1) is 0 Å². The van der Waals surface area contributed by atoms with E-state index in [4.69, 9.17) is 5.73 Å². The molecule has 5 nitrogen and oxygen atoms in total. The number of aromatic nitrogens is 2. The highest BCUT2D eigenvalue weighted by Crippen LogP contribution is 2.44. The first-order valence-electron chi connectivity index (χ1n) is 7.46. The molecule has 2 rings (SSSR count). The molecule has 1 aromatic rings. The van der Waals surface area contributed by atoms with Crippen molar-refractivity contribution < 1.29 is 4.79 Å². The van der Waals surface area contributed by atoms with E-state index in [9.17, 15) is 4.79 Å². The predicted octanol–water partition coefficient (Wildman–Crippen LogP) is 2.31. The van der Waals surface area contributed by atoms with Crippen molar-refractivity contribution in [1.29, 1.82) is 0 Å². The van der Waals surface area contributed by atoms with Crippen LogP contribution < -0.4 is 11.1 Å². The molecule has 1 heterocycles. The number of nitrogens with two attached hydrogens (primary N) is 1. The van der Waals surface area contributed by atoms with Crippen LogP contribution >= 0.6 is 0 Å². The Morgan fingerprint density at radius 1 is 1.55 bits per heavy atom. The van der Waals surface area contributed by atoms with Crippen molar-refractivity contribution in [3.8, 4) is 0 Å². The van der Waals surface area contributed by atoms with Crippen molar-refractivity contribution in [2.45, 2.75) is 53.0 Å².